The number of thioether (sulfide) groups is 1. The maximum atomic E-state index is 13.2. The lowest BCUT2D eigenvalue weighted by molar-refractivity contribution is -0.0958. The Kier molecular flexibility index (Phi) is 3.58. The summed E-state index contributed by atoms with van der Waals surface area (Å²) in [7, 11) is 0. The molecule has 0 aliphatic carbocycles. The number of halogens is 1. The highest BCUT2D eigenvalue weighted by Crippen LogP contribution is 2.39. The van der Waals surface area contributed by atoms with Gasteiger partial charge < -0.3 is 15.2 Å². The molecule has 2 aliphatic heterocycles. The molecule has 2 heterocycles. The molecule has 1 aromatic carbocycles. The molecular formula is C14H18FNO2S. The second-order valence-electron chi connectivity index (χ2n) is 5.25. The van der Waals surface area contributed by atoms with Crippen LogP contribution in [0.2, 0.25) is 0 Å². The molecule has 0 aromatic heterocycles. The van der Waals surface area contributed by atoms with Gasteiger partial charge in [-0.25, -0.2) is 4.39 Å². The van der Waals surface area contributed by atoms with Crippen LogP contribution < -0.4 is 10.5 Å². The number of nitrogens with two attached hydrogens (primary N) is 1. The van der Waals surface area contributed by atoms with Gasteiger partial charge in [-0.1, -0.05) is 0 Å². The zero-order valence-electron chi connectivity index (χ0n) is 10.7. The van der Waals surface area contributed by atoms with Crippen molar-refractivity contribution in [2.75, 3.05) is 23.8 Å². The third kappa shape index (κ3) is 2.82. The average Bonchev–Trinajstić information content (AvgIpc) is 2.82. The Morgan fingerprint density at radius 2 is 2.37 bits per heavy atom. The molecule has 1 spiro atoms. The summed E-state index contributed by atoms with van der Waals surface area (Å²) >= 11 is 1.93. The molecule has 104 valence electrons. The van der Waals surface area contributed by atoms with Crippen LogP contribution >= 0.6 is 11.8 Å². The Bertz CT molecular complexity index is 463. The minimum atomic E-state index is -0.317. The van der Waals surface area contributed by atoms with E-state index in [4.69, 9.17) is 15.2 Å². The van der Waals surface area contributed by atoms with Crippen molar-refractivity contribution >= 4 is 17.4 Å². The predicted octanol–water partition coefficient (Wildman–Crippen LogP) is 2.84. The van der Waals surface area contributed by atoms with E-state index in [1.165, 1.54) is 12.1 Å². The zero-order valence-corrected chi connectivity index (χ0v) is 11.5. The Morgan fingerprint density at radius 3 is 3.16 bits per heavy atom. The molecule has 2 fully saturated rings. The van der Waals surface area contributed by atoms with E-state index in [9.17, 15) is 4.39 Å². The molecule has 2 saturated heterocycles. The van der Waals surface area contributed by atoms with Crippen LogP contribution in [0.15, 0.2) is 18.2 Å². The third-order valence-corrected chi connectivity index (χ3v) is 5.01. The summed E-state index contributed by atoms with van der Waals surface area (Å²) in [6.07, 6.45) is 2.85. The molecule has 2 aliphatic rings. The molecule has 0 amide bonds. The summed E-state index contributed by atoms with van der Waals surface area (Å²) in [6.45, 7) is 0.709. The van der Waals surface area contributed by atoms with E-state index in [2.05, 4.69) is 0 Å². The summed E-state index contributed by atoms with van der Waals surface area (Å²) in [5.41, 5.74) is 6.28. The SMILES string of the molecule is Nc1ccc(F)cc1OC1CCOC2(CCSC2)C1. The number of nitrogen functional groups attached to an aromatic ring is 1. The van der Waals surface area contributed by atoms with Gasteiger partial charge >= 0.3 is 0 Å². The van der Waals surface area contributed by atoms with Crippen LogP contribution in [0.4, 0.5) is 10.1 Å². The van der Waals surface area contributed by atoms with E-state index in [1.807, 2.05) is 11.8 Å². The van der Waals surface area contributed by atoms with Crippen molar-refractivity contribution < 1.29 is 13.9 Å². The van der Waals surface area contributed by atoms with Crippen molar-refractivity contribution in [3.05, 3.63) is 24.0 Å². The van der Waals surface area contributed by atoms with Gasteiger partial charge in [0.15, 0.2) is 0 Å². The second kappa shape index (κ2) is 5.21. The first kappa shape index (κ1) is 13.1. The Balaban J connectivity index is 1.70. The number of ether oxygens (including phenoxy) is 2. The van der Waals surface area contributed by atoms with E-state index in [0.717, 1.165) is 30.8 Å². The van der Waals surface area contributed by atoms with Crippen LogP contribution in [0.25, 0.3) is 0 Å². The molecule has 1 aromatic rings. The first-order chi connectivity index (χ1) is 9.17. The number of rotatable bonds is 2. The van der Waals surface area contributed by atoms with Gasteiger partial charge in [0, 0.05) is 24.7 Å². The smallest absolute Gasteiger partial charge is 0.145 e. The van der Waals surface area contributed by atoms with Crippen LogP contribution in [-0.2, 0) is 4.74 Å². The molecule has 3 rings (SSSR count). The summed E-state index contributed by atoms with van der Waals surface area (Å²) in [6, 6.07) is 4.26. The highest BCUT2D eigenvalue weighted by Gasteiger charge is 2.41. The zero-order chi connectivity index (χ0) is 13.3. The molecular weight excluding hydrogens is 265 g/mol. The first-order valence-electron chi connectivity index (χ1n) is 6.60. The quantitative estimate of drug-likeness (QED) is 0.848. The maximum Gasteiger partial charge on any atom is 0.145 e. The minimum absolute atomic E-state index is 0.0321. The average molecular weight is 283 g/mol. The van der Waals surface area contributed by atoms with Gasteiger partial charge in [0.25, 0.3) is 0 Å². The fourth-order valence-corrected chi connectivity index (χ4v) is 4.11. The van der Waals surface area contributed by atoms with Crippen molar-refractivity contribution in [3.63, 3.8) is 0 Å². The van der Waals surface area contributed by atoms with Gasteiger partial charge in [-0.15, -0.1) is 0 Å². The van der Waals surface area contributed by atoms with Gasteiger partial charge in [-0.3, -0.25) is 0 Å². The highest BCUT2D eigenvalue weighted by molar-refractivity contribution is 7.99. The van der Waals surface area contributed by atoms with E-state index in [0.29, 0.717) is 18.0 Å². The summed E-state index contributed by atoms with van der Waals surface area (Å²) in [5, 5.41) is 0. The van der Waals surface area contributed by atoms with Crippen molar-refractivity contribution in [1.82, 2.24) is 0 Å². The van der Waals surface area contributed by atoms with E-state index in [1.54, 1.807) is 6.07 Å². The van der Waals surface area contributed by atoms with Crippen LogP contribution in [-0.4, -0.2) is 29.8 Å². The molecule has 0 saturated carbocycles. The molecule has 2 unspecified atom stereocenters. The minimum Gasteiger partial charge on any atom is -0.488 e. The first-order valence-corrected chi connectivity index (χ1v) is 7.76. The Hall–Kier alpha value is -0.940. The standard InChI is InChI=1S/C14H18FNO2S/c15-10-1-2-12(16)13(7-10)18-11-3-5-17-14(8-11)4-6-19-9-14/h1-2,7,11H,3-6,8-9,16H2. The van der Waals surface area contributed by atoms with Gasteiger partial charge in [0.2, 0.25) is 0 Å². The van der Waals surface area contributed by atoms with E-state index >= 15 is 0 Å². The highest BCUT2D eigenvalue weighted by atomic mass is 32.2. The Morgan fingerprint density at radius 1 is 1.47 bits per heavy atom. The molecule has 3 nitrogen and oxygen atoms in total. The lowest BCUT2D eigenvalue weighted by Gasteiger charge is -2.37. The predicted molar refractivity (Wildman–Crippen MR) is 75.1 cm³/mol. The summed E-state index contributed by atoms with van der Waals surface area (Å²) in [4.78, 5) is 0. The van der Waals surface area contributed by atoms with Gasteiger partial charge in [0.1, 0.15) is 17.7 Å². The van der Waals surface area contributed by atoms with Crippen molar-refractivity contribution in [1.29, 1.82) is 0 Å². The van der Waals surface area contributed by atoms with Crippen molar-refractivity contribution in [2.24, 2.45) is 0 Å². The maximum absolute atomic E-state index is 13.2. The fraction of sp³-hybridized carbons (Fsp3) is 0.571. The molecule has 2 atom stereocenters. The van der Waals surface area contributed by atoms with Crippen LogP contribution in [0.3, 0.4) is 0 Å². The molecule has 0 radical (unpaired) electrons. The largest absolute Gasteiger partial charge is 0.488 e. The lowest BCUT2D eigenvalue weighted by atomic mass is 9.91. The van der Waals surface area contributed by atoms with Crippen LogP contribution in [0, 0.1) is 5.82 Å². The molecule has 2 N–H and O–H groups in total. The number of hydrogen-bond donors (Lipinski definition) is 1. The second-order valence-corrected chi connectivity index (χ2v) is 6.35. The number of anilines is 1. The number of benzene rings is 1. The summed E-state index contributed by atoms with van der Waals surface area (Å²) < 4.78 is 25.1. The molecule has 19 heavy (non-hydrogen) atoms. The monoisotopic (exact) mass is 283 g/mol. The lowest BCUT2D eigenvalue weighted by Crippen LogP contribution is -2.43. The van der Waals surface area contributed by atoms with Crippen LogP contribution in [0.5, 0.6) is 5.75 Å². The summed E-state index contributed by atoms with van der Waals surface area (Å²) in [5.74, 6) is 2.32. The van der Waals surface area contributed by atoms with Crippen LogP contribution in [0.1, 0.15) is 19.3 Å². The fourth-order valence-electron chi connectivity index (χ4n) is 2.74. The van der Waals surface area contributed by atoms with Gasteiger partial charge in [-0.05, 0) is 24.3 Å². The molecule has 5 heteroatoms. The van der Waals surface area contributed by atoms with Crippen molar-refractivity contribution in [3.8, 4) is 5.75 Å². The third-order valence-electron chi connectivity index (χ3n) is 3.78. The normalized spacial score (nSPS) is 30.7. The van der Waals surface area contributed by atoms with E-state index < -0.39 is 0 Å². The Labute approximate surface area is 116 Å². The van der Waals surface area contributed by atoms with Gasteiger partial charge in [0.05, 0.1) is 17.9 Å². The molecule has 0 bridgehead atoms. The van der Waals surface area contributed by atoms with E-state index in [-0.39, 0.29) is 17.5 Å². The number of hydrogen-bond acceptors (Lipinski definition) is 4. The topological polar surface area (TPSA) is 44.5 Å². The van der Waals surface area contributed by atoms with Crippen molar-refractivity contribution in [2.45, 2.75) is 31.0 Å². The van der Waals surface area contributed by atoms with Gasteiger partial charge in [-0.2, -0.15) is 11.8 Å².